The highest BCUT2D eigenvalue weighted by molar-refractivity contribution is 5.91. The number of carbonyl (C=O) groups is 1. The number of benzene rings is 1. The first-order valence-electron chi connectivity index (χ1n) is 6.91. The second kappa shape index (κ2) is 4.87. The van der Waals surface area contributed by atoms with Crippen LogP contribution in [0, 0.1) is 0 Å². The van der Waals surface area contributed by atoms with Crippen LogP contribution < -0.4 is 4.90 Å². The number of fused-ring (bicyclic) bond motifs is 1. The molecule has 20 heavy (non-hydrogen) atoms. The molecule has 1 aliphatic rings. The van der Waals surface area contributed by atoms with Crippen molar-refractivity contribution in [2.45, 2.75) is 25.4 Å². The van der Waals surface area contributed by atoms with Crippen LogP contribution in [0.5, 0.6) is 0 Å². The maximum atomic E-state index is 11.3. The average Bonchev–Trinajstić information content (AvgIpc) is 2.44. The summed E-state index contributed by atoms with van der Waals surface area (Å²) in [5, 5.41) is 11.2. The second-order valence-electron chi connectivity index (χ2n) is 5.73. The largest absolute Gasteiger partial charge is 0.388 e. The molecule has 0 bridgehead atoms. The second-order valence-corrected chi connectivity index (χ2v) is 5.73. The summed E-state index contributed by atoms with van der Waals surface area (Å²) in [6, 6.07) is 9.63. The number of para-hydroxylation sites is 1. The molecule has 104 valence electrons. The van der Waals surface area contributed by atoms with Crippen molar-refractivity contribution >= 4 is 23.0 Å². The Morgan fingerprint density at radius 2 is 2.20 bits per heavy atom. The molecular formula is C16H18N2O2. The Hall–Kier alpha value is -1.94. The van der Waals surface area contributed by atoms with Crippen molar-refractivity contribution in [1.29, 1.82) is 0 Å². The molecule has 2 aromatic rings. The van der Waals surface area contributed by atoms with E-state index in [4.69, 9.17) is 0 Å². The van der Waals surface area contributed by atoms with Crippen LogP contribution in [-0.4, -0.2) is 35.1 Å². The zero-order valence-corrected chi connectivity index (χ0v) is 11.5. The van der Waals surface area contributed by atoms with Gasteiger partial charge in [-0.05, 0) is 31.9 Å². The summed E-state index contributed by atoms with van der Waals surface area (Å²) in [4.78, 5) is 18.0. The van der Waals surface area contributed by atoms with E-state index in [1.807, 2.05) is 42.2 Å². The topological polar surface area (TPSA) is 53.4 Å². The molecule has 1 unspecified atom stereocenters. The highest BCUT2D eigenvalue weighted by Gasteiger charge is 2.30. The molecule has 0 amide bonds. The van der Waals surface area contributed by atoms with Crippen molar-refractivity contribution in [3.05, 3.63) is 35.9 Å². The number of anilines is 1. The molecule has 1 aromatic carbocycles. The Labute approximate surface area is 118 Å². The van der Waals surface area contributed by atoms with Gasteiger partial charge in [-0.2, -0.15) is 0 Å². The lowest BCUT2D eigenvalue weighted by molar-refractivity contribution is 0.0446. The van der Waals surface area contributed by atoms with Gasteiger partial charge in [-0.1, -0.05) is 18.2 Å². The zero-order valence-electron chi connectivity index (χ0n) is 11.5. The van der Waals surface area contributed by atoms with Gasteiger partial charge in [0.2, 0.25) is 0 Å². The number of piperidine rings is 1. The number of rotatable bonds is 2. The Kier molecular flexibility index (Phi) is 3.18. The number of aliphatic hydroxyl groups is 1. The minimum Gasteiger partial charge on any atom is -0.388 e. The summed E-state index contributed by atoms with van der Waals surface area (Å²) >= 11 is 0. The number of pyridine rings is 1. The number of hydrogen-bond acceptors (Lipinski definition) is 4. The number of β-amino-alcohol motifs (C(OH)–C–C–N with tert-alkyl or cyclic N) is 1. The fourth-order valence-corrected chi connectivity index (χ4v) is 2.86. The number of carbonyl (C=O) groups excluding carboxylic acids is 1. The molecule has 0 saturated carbocycles. The molecule has 1 aliphatic heterocycles. The maximum Gasteiger partial charge on any atom is 0.153 e. The minimum atomic E-state index is -0.717. The fraction of sp³-hybridized carbons (Fsp3) is 0.375. The third-order valence-corrected chi connectivity index (χ3v) is 3.83. The van der Waals surface area contributed by atoms with Crippen molar-refractivity contribution in [2.24, 2.45) is 0 Å². The Morgan fingerprint density at radius 1 is 1.40 bits per heavy atom. The molecule has 1 atom stereocenters. The van der Waals surface area contributed by atoms with Crippen molar-refractivity contribution in [2.75, 3.05) is 18.0 Å². The first-order valence-corrected chi connectivity index (χ1v) is 6.91. The summed E-state index contributed by atoms with van der Waals surface area (Å²) in [6.45, 7) is 3.17. The lowest BCUT2D eigenvalue weighted by atomic mass is 9.95. The molecule has 2 heterocycles. The smallest absolute Gasteiger partial charge is 0.153 e. The SMILES string of the molecule is CC1(O)CCCN(c2nc3ccccc3cc2C=O)C1. The quantitative estimate of drug-likeness (QED) is 0.851. The zero-order chi connectivity index (χ0) is 14.2. The highest BCUT2D eigenvalue weighted by atomic mass is 16.3. The summed E-state index contributed by atoms with van der Waals surface area (Å²) in [7, 11) is 0. The maximum absolute atomic E-state index is 11.3. The van der Waals surface area contributed by atoms with Crippen LogP contribution >= 0.6 is 0 Å². The van der Waals surface area contributed by atoms with Gasteiger partial charge < -0.3 is 10.0 Å². The standard InChI is InChI=1S/C16H18N2O2/c1-16(20)7-4-8-18(11-16)15-13(10-19)9-12-5-2-3-6-14(12)17-15/h2-3,5-6,9-10,20H,4,7-8,11H2,1H3. The van der Waals surface area contributed by atoms with E-state index in [1.54, 1.807) is 0 Å². The summed E-state index contributed by atoms with van der Waals surface area (Å²) in [6.07, 6.45) is 2.53. The fourth-order valence-electron chi connectivity index (χ4n) is 2.86. The van der Waals surface area contributed by atoms with Crippen molar-refractivity contribution in [1.82, 2.24) is 4.98 Å². The molecule has 0 radical (unpaired) electrons. The van der Waals surface area contributed by atoms with E-state index < -0.39 is 5.60 Å². The highest BCUT2D eigenvalue weighted by Crippen LogP contribution is 2.28. The number of aromatic nitrogens is 1. The van der Waals surface area contributed by atoms with Crippen LogP contribution in [0.15, 0.2) is 30.3 Å². The van der Waals surface area contributed by atoms with E-state index in [0.717, 1.165) is 36.6 Å². The van der Waals surface area contributed by atoms with Gasteiger partial charge in [0.25, 0.3) is 0 Å². The minimum absolute atomic E-state index is 0.513. The molecular weight excluding hydrogens is 252 g/mol. The van der Waals surface area contributed by atoms with E-state index in [9.17, 15) is 9.90 Å². The summed E-state index contributed by atoms with van der Waals surface area (Å²) in [5.41, 5.74) is 0.742. The predicted octanol–water partition coefficient (Wildman–Crippen LogP) is 2.40. The van der Waals surface area contributed by atoms with E-state index in [0.29, 0.717) is 17.9 Å². The number of aldehydes is 1. The molecule has 1 aromatic heterocycles. The molecule has 1 saturated heterocycles. The first-order chi connectivity index (χ1) is 9.59. The van der Waals surface area contributed by atoms with Crippen molar-refractivity contribution in [3.8, 4) is 0 Å². The van der Waals surface area contributed by atoms with E-state index in [1.165, 1.54) is 0 Å². The van der Waals surface area contributed by atoms with Gasteiger partial charge in [0, 0.05) is 18.5 Å². The average molecular weight is 270 g/mol. The molecule has 1 N–H and O–H groups in total. The molecule has 3 rings (SSSR count). The van der Waals surface area contributed by atoms with Crippen LogP contribution in [0.3, 0.4) is 0 Å². The van der Waals surface area contributed by atoms with Gasteiger partial charge in [-0.3, -0.25) is 4.79 Å². The van der Waals surface area contributed by atoms with Gasteiger partial charge in [-0.15, -0.1) is 0 Å². The van der Waals surface area contributed by atoms with Gasteiger partial charge in [-0.25, -0.2) is 4.98 Å². The van der Waals surface area contributed by atoms with Crippen molar-refractivity contribution in [3.63, 3.8) is 0 Å². The predicted molar refractivity (Wildman–Crippen MR) is 79.2 cm³/mol. The Bertz CT molecular complexity index is 652. The van der Waals surface area contributed by atoms with E-state index in [-0.39, 0.29) is 0 Å². The monoisotopic (exact) mass is 270 g/mol. The Balaban J connectivity index is 2.07. The van der Waals surface area contributed by atoms with Crippen LogP contribution in [0.1, 0.15) is 30.1 Å². The van der Waals surface area contributed by atoms with Gasteiger partial charge in [0.1, 0.15) is 5.82 Å². The van der Waals surface area contributed by atoms with Crippen LogP contribution in [-0.2, 0) is 0 Å². The molecule has 1 fully saturated rings. The van der Waals surface area contributed by atoms with Crippen LogP contribution in [0.2, 0.25) is 0 Å². The lowest BCUT2D eigenvalue weighted by Gasteiger charge is -2.38. The third kappa shape index (κ3) is 2.39. The molecule has 4 nitrogen and oxygen atoms in total. The van der Waals surface area contributed by atoms with Gasteiger partial charge in [0.15, 0.2) is 6.29 Å². The number of hydrogen-bond donors (Lipinski definition) is 1. The molecule has 0 aliphatic carbocycles. The van der Waals surface area contributed by atoms with Crippen molar-refractivity contribution < 1.29 is 9.90 Å². The first kappa shape index (κ1) is 13.1. The third-order valence-electron chi connectivity index (χ3n) is 3.83. The number of nitrogens with zero attached hydrogens (tertiary/aromatic N) is 2. The van der Waals surface area contributed by atoms with E-state index >= 15 is 0 Å². The Morgan fingerprint density at radius 3 is 2.95 bits per heavy atom. The van der Waals surface area contributed by atoms with Gasteiger partial charge in [0.05, 0.1) is 16.7 Å². The molecule has 0 spiro atoms. The van der Waals surface area contributed by atoms with Crippen LogP contribution in [0.4, 0.5) is 5.82 Å². The lowest BCUT2D eigenvalue weighted by Crippen LogP contribution is -2.46. The van der Waals surface area contributed by atoms with Crippen LogP contribution in [0.25, 0.3) is 10.9 Å². The summed E-state index contributed by atoms with van der Waals surface area (Å²) < 4.78 is 0. The van der Waals surface area contributed by atoms with Gasteiger partial charge >= 0.3 is 0 Å². The normalized spacial score (nSPS) is 23.0. The molecule has 4 heteroatoms. The van der Waals surface area contributed by atoms with E-state index in [2.05, 4.69) is 4.98 Å². The summed E-state index contributed by atoms with van der Waals surface area (Å²) in [5.74, 6) is 0.679.